The van der Waals surface area contributed by atoms with Crippen LogP contribution in [0.3, 0.4) is 0 Å². The number of nitrogens with one attached hydrogen (secondary N) is 2. The third-order valence-electron chi connectivity index (χ3n) is 7.38. The SMILES string of the molecule is CC1(C)O[C@@H]2[C@@H](CO[C@@]3(COS([NH-])(=O)=O)OC(C)(C)O[C@@H]23)O1.CC1(C)O[C@@H]2[C@@H](CO[C@@]3(COS([NH-])(=O)=O)OC(C)(C)O[C@@H]23)O1.[Mg+2]. The van der Waals surface area contributed by atoms with Crippen molar-refractivity contribution in [1.82, 2.24) is 0 Å². The van der Waals surface area contributed by atoms with Gasteiger partial charge in [0.05, 0.1) is 13.2 Å². The van der Waals surface area contributed by atoms with Gasteiger partial charge >= 0.3 is 23.1 Å². The third kappa shape index (κ3) is 8.47. The molecule has 0 aromatic carbocycles. The van der Waals surface area contributed by atoms with Crippen molar-refractivity contribution in [3.8, 4) is 0 Å². The van der Waals surface area contributed by atoms with Crippen LogP contribution < -0.4 is 0 Å². The third-order valence-corrected chi connectivity index (χ3v) is 8.24. The van der Waals surface area contributed by atoms with Gasteiger partial charge in [0, 0.05) is 0 Å². The van der Waals surface area contributed by atoms with Crippen molar-refractivity contribution in [3.05, 3.63) is 10.3 Å². The van der Waals surface area contributed by atoms with Crippen molar-refractivity contribution in [2.75, 3.05) is 26.4 Å². The Morgan fingerprint density at radius 2 is 0.911 bits per heavy atom. The molecule has 21 heteroatoms. The van der Waals surface area contributed by atoms with Gasteiger partial charge in [-0.05, 0) is 55.4 Å². The topological polar surface area (TPSA) is 227 Å². The Hall–Kier alpha value is 0.106. The maximum atomic E-state index is 11.0. The average molecular weight is 701 g/mol. The van der Waals surface area contributed by atoms with E-state index in [2.05, 4.69) is 8.37 Å². The summed E-state index contributed by atoms with van der Waals surface area (Å²) in [5, 5.41) is 13.7. The fourth-order valence-corrected chi connectivity index (χ4v) is 6.85. The molecule has 6 saturated heterocycles. The van der Waals surface area contributed by atoms with Gasteiger partial charge in [-0.25, -0.2) is 16.8 Å². The standard InChI is InChI=1S/2C12H20NO8S.Mg/c2*1-10(2)18-7-5-16-12(6-17-22(13,14)15)9(8(7)19-10)20-11(3,4)21-12;/h2*7-9H,5-6H2,1-4H3,(H-,13,14,15);/q2*-1;+2/t2*7-,8-,9+,12+;/m11./s1. The summed E-state index contributed by atoms with van der Waals surface area (Å²) in [5.74, 6) is -6.53. The van der Waals surface area contributed by atoms with Crippen molar-refractivity contribution in [2.24, 2.45) is 0 Å². The van der Waals surface area contributed by atoms with Gasteiger partial charge in [-0.1, -0.05) is 0 Å². The van der Waals surface area contributed by atoms with Crippen LogP contribution in [0.4, 0.5) is 0 Å². The van der Waals surface area contributed by atoms with Crippen LogP contribution in [-0.4, -0.2) is 138 Å². The fourth-order valence-electron chi connectivity index (χ4n) is 6.21. The predicted molar refractivity (Wildman–Crippen MR) is 149 cm³/mol. The fraction of sp³-hybridized carbons (Fsp3) is 1.00. The Labute approximate surface area is 278 Å². The smallest absolute Gasteiger partial charge is 0.540 e. The number of rotatable bonds is 6. The van der Waals surface area contributed by atoms with Crippen LogP contribution in [0.15, 0.2) is 0 Å². The van der Waals surface area contributed by atoms with Crippen LogP contribution in [0.1, 0.15) is 55.4 Å². The minimum absolute atomic E-state index is 0. The normalized spacial score (nSPS) is 41.9. The molecule has 6 fully saturated rings. The maximum absolute atomic E-state index is 11.0. The van der Waals surface area contributed by atoms with Gasteiger partial charge in [0.1, 0.15) is 49.8 Å². The molecule has 0 amide bonds. The minimum atomic E-state index is -4.39. The molecule has 0 aromatic rings. The van der Waals surface area contributed by atoms with E-state index in [0.29, 0.717) is 0 Å². The van der Waals surface area contributed by atoms with E-state index in [1.165, 1.54) is 0 Å². The molecule has 18 nitrogen and oxygen atoms in total. The van der Waals surface area contributed by atoms with E-state index in [1.54, 1.807) is 55.4 Å². The first-order valence-electron chi connectivity index (χ1n) is 13.9. The number of hydrogen-bond donors (Lipinski definition) is 0. The summed E-state index contributed by atoms with van der Waals surface area (Å²) in [6.07, 6.45) is -3.13. The van der Waals surface area contributed by atoms with Gasteiger partial charge in [0.15, 0.2) is 43.8 Å². The van der Waals surface area contributed by atoms with Gasteiger partial charge < -0.3 is 57.6 Å². The Morgan fingerprint density at radius 3 is 1.22 bits per heavy atom. The Bertz CT molecular complexity index is 1230. The zero-order valence-corrected chi connectivity index (χ0v) is 29.4. The van der Waals surface area contributed by atoms with Crippen molar-refractivity contribution in [2.45, 2.75) is 127 Å². The van der Waals surface area contributed by atoms with Crippen molar-refractivity contribution in [3.63, 3.8) is 0 Å². The summed E-state index contributed by atoms with van der Waals surface area (Å²) >= 11 is 0. The van der Waals surface area contributed by atoms with E-state index in [9.17, 15) is 16.8 Å². The Balaban J connectivity index is 0.000000200. The molecule has 45 heavy (non-hydrogen) atoms. The minimum Gasteiger partial charge on any atom is -0.540 e. The molecule has 6 rings (SSSR count). The van der Waals surface area contributed by atoms with E-state index in [1.807, 2.05) is 0 Å². The van der Waals surface area contributed by atoms with Crippen LogP contribution in [0.2, 0.25) is 0 Å². The van der Waals surface area contributed by atoms with Gasteiger partial charge in [0.25, 0.3) is 0 Å². The summed E-state index contributed by atoms with van der Waals surface area (Å²) in [7, 11) is -8.77. The monoisotopic (exact) mass is 700 g/mol. The van der Waals surface area contributed by atoms with Gasteiger partial charge in [-0.2, -0.15) is 0 Å². The summed E-state index contributed by atoms with van der Waals surface area (Å²) in [6, 6.07) is 0. The molecule has 6 heterocycles. The number of ether oxygens (including phenoxy) is 10. The largest absolute Gasteiger partial charge is 2.00 e. The van der Waals surface area contributed by atoms with Crippen molar-refractivity contribution >= 4 is 43.7 Å². The second-order valence-corrected chi connectivity index (χ2v) is 15.3. The molecule has 0 saturated carbocycles. The summed E-state index contributed by atoms with van der Waals surface area (Å²) in [4.78, 5) is 0. The zero-order valence-electron chi connectivity index (χ0n) is 26.3. The second kappa shape index (κ2) is 12.2. The Kier molecular flexibility index (Phi) is 10.2. The summed E-state index contributed by atoms with van der Waals surface area (Å²) in [5.41, 5.74) is 0. The quantitative estimate of drug-likeness (QED) is 0.352. The van der Waals surface area contributed by atoms with E-state index < -0.39 is 93.0 Å². The molecule has 6 aliphatic heterocycles. The molecule has 0 radical (unpaired) electrons. The predicted octanol–water partition coefficient (Wildman–Crippen LogP) is 1.02. The molecular weight excluding hydrogens is 661 g/mol. The van der Waals surface area contributed by atoms with Crippen LogP contribution in [-0.2, 0) is 76.3 Å². The van der Waals surface area contributed by atoms with Crippen LogP contribution in [0, 0.1) is 0 Å². The van der Waals surface area contributed by atoms with E-state index in [-0.39, 0.29) is 48.5 Å². The molecular formula is C24H40MgN2O16S2. The molecule has 256 valence electrons. The number of fused-ring (bicyclic) bond motifs is 6. The van der Waals surface area contributed by atoms with Gasteiger partial charge in [0.2, 0.25) is 11.6 Å². The molecule has 0 aromatic heterocycles. The van der Waals surface area contributed by atoms with Crippen LogP contribution in [0.25, 0.3) is 10.3 Å². The van der Waals surface area contributed by atoms with Crippen LogP contribution >= 0.6 is 0 Å². The average Bonchev–Trinajstić information content (AvgIpc) is 3.50. The van der Waals surface area contributed by atoms with E-state index in [0.717, 1.165) is 0 Å². The Morgan fingerprint density at radius 1 is 0.578 bits per heavy atom. The summed E-state index contributed by atoms with van der Waals surface area (Å²) < 4.78 is 111. The molecule has 0 spiro atoms. The van der Waals surface area contributed by atoms with Crippen LogP contribution in [0.5, 0.6) is 0 Å². The molecule has 0 aliphatic carbocycles. The van der Waals surface area contributed by atoms with Crippen molar-refractivity contribution < 1.29 is 72.6 Å². The second-order valence-electron chi connectivity index (χ2n) is 13.0. The first-order valence-corrected chi connectivity index (χ1v) is 16.7. The maximum Gasteiger partial charge on any atom is 2.00 e. The molecule has 2 N–H and O–H groups in total. The van der Waals surface area contributed by atoms with Gasteiger partial charge in [-0.15, -0.1) is 0 Å². The van der Waals surface area contributed by atoms with E-state index >= 15 is 0 Å². The molecule has 0 unspecified atom stereocenters. The zero-order chi connectivity index (χ0) is 32.8. The van der Waals surface area contributed by atoms with E-state index in [4.69, 9.17) is 57.6 Å². The van der Waals surface area contributed by atoms with Crippen molar-refractivity contribution in [1.29, 1.82) is 0 Å². The summed E-state index contributed by atoms with van der Waals surface area (Å²) in [6.45, 7) is 13.2. The first kappa shape index (κ1) is 37.9. The van der Waals surface area contributed by atoms with Gasteiger partial charge in [-0.3, -0.25) is 8.37 Å². The molecule has 8 atom stereocenters. The number of hydrogen-bond acceptors (Lipinski definition) is 16. The molecule has 0 bridgehead atoms. The first-order chi connectivity index (χ1) is 19.8. The molecule has 6 aliphatic rings.